The lowest BCUT2D eigenvalue weighted by atomic mass is 10.0. The molecule has 2 aromatic rings. The normalized spacial score (nSPS) is 10.4. The Morgan fingerprint density at radius 1 is 1.22 bits per heavy atom. The highest BCUT2D eigenvalue weighted by molar-refractivity contribution is 9.10. The number of carbonyl (C=O) groups is 1. The van der Waals surface area contributed by atoms with E-state index in [2.05, 4.69) is 15.9 Å². The molecule has 2 N–H and O–H groups in total. The number of hydrogen-bond donors (Lipinski definition) is 1. The number of nitrogens with two attached hydrogens (primary N) is 1. The SMILES string of the molecule is Cc1ccc(C(=O)c2ccc(N)cc2Br)cc1F. The zero-order valence-corrected chi connectivity index (χ0v) is 11.3. The molecule has 0 atom stereocenters. The van der Waals surface area contributed by atoms with Crippen LogP contribution in [0.25, 0.3) is 0 Å². The molecule has 0 amide bonds. The van der Waals surface area contributed by atoms with Crippen molar-refractivity contribution < 1.29 is 9.18 Å². The first-order valence-electron chi connectivity index (χ1n) is 5.35. The molecule has 0 fully saturated rings. The van der Waals surface area contributed by atoms with E-state index in [9.17, 15) is 9.18 Å². The fourth-order valence-corrected chi connectivity index (χ4v) is 2.18. The van der Waals surface area contributed by atoms with Gasteiger partial charge in [0.15, 0.2) is 5.78 Å². The first kappa shape index (κ1) is 12.8. The van der Waals surface area contributed by atoms with Gasteiger partial charge in [0.25, 0.3) is 0 Å². The van der Waals surface area contributed by atoms with Gasteiger partial charge in [0.2, 0.25) is 0 Å². The van der Waals surface area contributed by atoms with E-state index in [1.54, 1.807) is 37.3 Å². The zero-order valence-electron chi connectivity index (χ0n) is 9.71. The average Bonchev–Trinajstić information content (AvgIpc) is 2.32. The van der Waals surface area contributed by atoms with Gasteiger partial charge in [-0.2, -0.15) is 0 Å². The molecule has 0 saturated heterocycles. The second kappa shape index (κ2) is 4.90. The fourth-order valence-electron chi connectivity index (χ4n) is 1.61. The second-order valence-electron chi connectivity index (χ2n) is 4.03. The lowest BCUT2D eigenvalue weighted by Crippen LogP contribution is -2.04. The van der Waals surface area contributed by atoms with Gasteiger partial charge in [-0.3, -0.25) is 4.79 Å². The molecular formula is C14H11BrFNO. The molecule has 0 aliphatic heterocycles. The lowest BCUT2D eigenvalue weighted by Gasteiger charge is -2.06. The summed E-state index contributed by atoms with van der Waals surface area (Å²) in [7, 11) is 0. The van der Waals surface area contributed by atoms with Crippen LogP contribution in [-0.4, -0.2) is 5.78 Å². The van der Waals surface area contributed by atoms with Crippen molar-refractivity contribution in [2.24, 2.45) is 0 Å². The number of ketones is 1. The monoisotopic (exact) mass is 307 g/mol. The van der Waals surface area contributed by atoms with Crippen molar-refractivity contribution in [3.05, 3.63) is 63.4 Å². The topological polar surface area (TPSA) is 43.1 Å². The van der Waals surface area contributed by atoms with E-state index in [1.165, 1.54) is 6.07 Å². The molecule has 2 aromatic carbocycles. The fraction of sp³-hybridized carbons (Fsp3) is 0.0714. The predicted octanol–water partition coefficient (Wildman–Crippen LogP) is 3.71. The zero-order chi connectivity index (χ0) is 13.3. The predicted molar refractivity (Wildman–Crippen MR) is 73.1 cm³/mol. The van der Waals surface area contributed by atoms with Gasteiger partial charge >= 0.3 is 0 Å². The number of anilines is 1. The van der Waals surface area contributed by atoms with Crippen molar-refractivity contribution in [1.29, 1.82) is 0 Å². The molecule has 92 valence electrons. The average molecular weight is 308 g/mol. The van der Waals surface area contributed by atoms with Crippen molar-refractivity contribution in [3.8, 4) is 0 Å². The van der Waals surface area contributed by atoms with Crippen molar-refractivity contribution in [2.45, 2.75) is 6.92 Å². The number of halogens is 2. The molecule has 0 aromatic heterocycles. The third kappa shape index (κ3) is 2.43. The molecule has 0 unspecified atom stereocenters. The van der Waals surface area contributed by atoms with E-state index in [0.29, 0.717) is 26.9 Å². The molecule has 0 radical (unpaired) electrons. The molecule has 2 nitrogen and oxygen atoms in total. The Morgan fingerprint density at radius 3 is 2.56 bits per heavy atom. The molecule has 4 heteroatoms. The molecule has 0 spiro atoms. The maximum Gasteiger partial charge on any atom is 0.194 e. The quantitative estimate of drug-likeness (QED) is 0.679. The van der Waals surface area contributed by atoms with Gasteiger partial charge in [-0.25, -0.2) is 4.39 Å². The molecule has 2 rings (SSSR count). The summed E-state index contributed by atoms with van der Waals surface area (Å²) in [4.78, 5) is 12.2. The van der Waals surface area contributed by atoms with Gasteiger partial charge in [-0.15, -0.1) is 0 Å². The van der Waals surface area contributed by atoms with E-state index >= 15 is 0 Å². The van der Waals surface area contributed by atoms with E-state index < -0.39 is 0 Å². The molecule has 0 aliphatic rings. The summed E-state index contributed by atoms with van der Waals surface area (Å²) >= 11 is 3.28. The standard InChI is InChI=1S/C14H11BrFNO/c1-8-2-3-9(6-13(8)16)14(18)11-5-4-10(17)7-12(11)15/h2-7H,17H2,1H3. The highest BCUT2D eigenvalue weighted by atomic mass is 79.9. The Morgan fingerprint density at radius 2 is 1.94 bits per heavy atom. The number of benzene rings is 2. The van der Waals surface area contributed by atoms with Crippen LogP contribution in [0.3, 0.4) is 0 Å². The van der Waals surface area contributed by atoms with Gasteiger partial charge < -0.3 is 5.73 Å². The van der Waals surface area contributed by atoms with E-state index in [4.69, 9.17) is 5.73 Å². The Labute approximate surface area is 113 Å². The van der Waals surface area contributed by atoms with Gasteiger partial charge in [0, 0.05) is 21.3 Å². The Bertz CT molecular complexity index is 625. The summed E-state index contributed by atoms with van der Waals surface area (Å²) in [5, 5.41) is 0. The van der Waals surface area contributed by atoms with Gasteiger partial charge in [-0.05, 0) is 52.7 Å². The Kier molecular flexibility index (Phi) is 3.48. The van der Waals surface area contributed by atoms with Crippen LogP contribution in [0.4, 0.5) is 10.1 Å². The molecular weight excluding hydrogens is 297 g/mol. The van der Waals surface area contributed by atoms with Crippen LogP contribution in [0.15, 0.2) is 40.9 Å². The summed E-state index contributed by atoms with van der Waals surface area (Å²) in [6, 6.07) is 9.37. The first-order chi connectivity index (χ1) is 8.49. The lowest BCUT2D eigenvalue weighted by molar-refractivity contribution is 0.103. The van der Waals surface area contributed by atoms with Crippen molar-refractivity contribution >= 4 is 27.4 Å². The maximum atomic E-state index is 13.4. The summed E-state index contributed by atoms with van der Waals surface area (Å²) in [5.74, 6) is -0.617. The number of aryl methyl sites for hydroxylation is 1. The highest BCUT2D eigenvalue weighted by Crippen LogP contribution is 2.23. The minimum Gasteiger partial charge on any atom is -0.399 e. The molecule has 0 heterocycles. The van der Waals surface area contributed by atoms with Crippen LogP contribution in [0.1, 0.15) is 21.5 Å². The third-order valence-electron chi connectivity index (χ3n) is 2.67. The molecule has 0 aliphatic carbocycles. The van der Waals surface area contributed by atoms with E-state index in [-0.39, 0.29) is 11.6 Å². The first-order valence-corrected chi connectivity index (χ1v) is 6.14. The third-order valence-corrected chi connectivity index (χ3v) is 3.33. The maximum absolute atomic E-state index is 13.4. The number of rotatable bonds is 2. The largest absolute Gasteiger partial charge is 0.399 e. The van der Waals surface area contributed by atoms with Crippen LogP contribution in [-0.2, 0) is 0 Å². The van der Waals surface area contributed by atoms with Gasteiger partial charge in [0.05, 0.1) is 0 Å². The van der Waals surface area contributed by atoms with Crippen molar-refractivity contribution in [2.75, 3.05) is 5.73 Å². The van der Waals surface area contributed by atoms with Crippen molar-refractivity contribution in [3.63, 3.8) is 0 Å². The van der Waals surface area contributed by atoms with Gasteiger partial charge in [0.1, 0.15) is 5.82 Å². The molecule has 18 heavy (non-hydrogen) atoms. The highest BCUT2D eigenvalue weighted by Gasteiger charge is 2.13. The van der Waals surface area contributed by atoms with Crippen LogP contribution in [0, 0.1) is 12.7 Å². The van der Waals surface area contributed by atoms with Crippen LogP contribution < -0.4 is 5.73 Å². The summed E-state index contributed by atoms with van der Waals surface area (Å²) in [6.45, 7) is 1.66. The number of hydrogen-bond acceptors (Lipinski definition) is 2. The smallest absolute Gasteiger partial charge is 0.194 e. The van der Waals surface area contributed by atoms with Crippen LogP contribution >= 0.6 is 15.9 Å². The summed E-state index contributed by atoms with van der Waals surface area (Å²) in [5.41, 5.74) is 7.48. The summed E-state index contributed by atoms with van der Waals surface area (Å²) < 4.78 is 14.0. The second-order valence-corrected chi connectivity index (χ2v) is 4.89. The summed E-state index contributed by atoms with van der Waals surface area (Å²) in [6.07, 6.45) is 0. The Hall–Kier alpha value is -1.68. The molecule has 0 saturated carbocycles. The Balaban J connectivity index is 2.44. The van der Waals surface area contributed by atoms with E-state index in [0.717, 1.165) is 0 Å². The molecule has 0 bridgehead atoms. The van der Waals surface area contributed by atoms with Crippen molar-refractivity contribution in [1.82, 2.24) is 0 Å². The minimum atomic E-state index is -0.382. The minimum absolute atomic E-state index is 0.235. The van der Waals surface area contributed by atoms with Crippen LogP contribution in [0.2, 0.25) is 0 Å². The number of nitrogen functional groups attached to an aromatic ring is 1. The van der Waals surface area contributed by atoms with Gasteiger partial charge in [-0.1, -0.05) is 12.1 Å². The number of carbonyl (C=O) groups excluding carboxylic acids is 1. The van der Waals surface area contributed by atoms with E-state index in [1.807, 2.05) is 0 Å². The van der Waals surface area contributed by atoms with Crippen LogP contribution in [0.5, 0.6) is 0 Å².